The third-order valence-electron chi connectivity index (χ3n) is 2.89. The van der Waals surface area contributed by atoms with E-state index in [1.807, 2.05) is 32.2 Å². The highest BCUT2D eigenvalue weighted by Crippen LogP contribution is 2.20. The zero-order chi connectivity index (χ0) is 13.7. The summed E-state index contributed by atoms with van der Waals surface area (Å²) < 4.78 is 5.40. The van der Waals surface area contributed by atoms with Gasteiger partial charge in [-0.1, -0.05) is 0 Å². The Hall–Kier alpha value is -2.04. The van der Waals surface area contributed by atoms with E-state index in [1.165, 1.54) is 0 Å². The summed E-state index contributed by atoms with van der Waals surface area (Å²) in [6, 6.07) is 3.88. The molecule has 1 N–H and O–H groups in total. The maximum absolute atomic E-state index is 5.40. The first kappa shape index (κ1) is 13.4. The van der Waals surface area contributed by atoms with Gasteiger partial charge < -0.3 is 14.6 Å². The highest BCUT2D eigenvalue weighted by molar-refractivity contribution is 5.49. The molecule has 0 aliphatic heterocycles. The van der Waals surface area contributed by atoms with E-state index in [9.17, 15) is 0 Å². The number of furan rings is 1. The summed E-state index contributed by atoms with van der Waals surface area (Å²) in [4.78, 5) is 11.0. The Labute approximate surface area is 113 Å². The van der Waals surface area contributed by atoms with Gasteiger partial charge in [0, 0.05) is 24.8 Å². The molecule has 0 radical (unpaired) electrons. The van der Waals surface area contributed by atoms with E-state index in [1.54, 1.807) is 6.26 Å². The SMILES string of the molecule is CCNc1ncc(C)c(N(CC)Cc2ccco2)n1. The zero-order valence-corrected chi connectivity index (χ0v) is 11.7. The summed E-state index contributed by atoms with van der Waals surface area (Å²) in [6.45, 7) is 8.56. The minimum Gasteiger partial charge on any atom is -0.467 e. The minimum atomic E-state index is 0.668. The standard InChI is InChI=1S/C14H20N4O/c1-4-15-14-16-9-11(3)13(17-14)18(5-2)10-12-7-6-8-19-12/h6-9H,4-5,10H2,1-3H3,(H,15,16,17). The molecule has 0 bridgehead atoms. The number of aromatic nitrogens is 2. The summed E-state index contributed by atoms with van der Waals surface area (Å²) in [5, 5.41) is 3.14. The van der Waals surface area contributed by atoms with Crippen LogP contribution in [-0.2, 0) is 6.54 Å². The molecule has 2 aromatic heterocycles. The zero-order valence-electron chi connectivity index (χ0n) is 11.7. The van der Waals surface area contributed by atoms with Crippen LogP contribution < -0.4 is 10.2 Å². The van der Waals surface area contributed by atoms with Gasteiger partial charge in [0.05, 0.1) is 12.8 Å². The second-order valence-corrected chi connectivity index (χ2v) is 4.32. The molecule has 2 rings (SSSR count). The number of hydrogen-bond acceptors (Lipinski definition) is 5. The molecule has 0 amide bonds. The van der Waals surface area contributed by atoms with Gasteiger partial charge in [0.25, 0.3) is 0 Å². The van der Waals surface area contributed by atoms with Crippen molar-refractivity contribution in [3.63, 3.8) is 0 Å². The van der Waals surface area contributed by atoms with Crippen LogP contribution in [0.1, 0.15) is 25.2 Å². The van der Waals surface area contributed by atoms with Gasteiger partial charge in [-0.2, -0.15) is 4.98 Å². The van der Waals surface area contributed by atoms with Gasteiger partial charge >= 0.3 is 0 Å². The summed E-state index contributed by atoms with van der Waals surface area (Å²) in [5.74, 6) is 2.55. The minimum absolute atomic E-state index is 0.668. The molecular weight excluding hydrogens is 240 g/mol. The molecule has 19 heavy (non-hydrogen) atoms. The molecule has 0 spiro atoms. The average molecular weight is 260 g/mol. The molecule has 5 heteroatoms. The second kappa shape index (κ2) is 6.22. The van der Waals surface area contributed by atoms with Crippen molar-refractivity contribution in [2.45, 2.75) is 27.3 Å². The van der Waals surface area contributed by atoms with E-state index in [2.05, 4.69) is 27.1 Å². The molecule has 0 atom stereocenters. The van der Waals surface area contributed by atoms with E-state index in [-0.39, 0.29) is 0 Å². The molecule has 2 aromatic rings. The van der Waals surface area contributed by atoms with Crippen LogP contribution in [0.4, 0.5) is 11.8 Å². The summed E-state index contributed by atoms with van der Waals surface area (Å²) in [5.41, 5.74) is 1.06. The third-order valence-corrected chi connectivity index (χ3v) is 2.89. The fraction of sp³-hybridized carbons (Fsp3) is 0.429. The lowest BCUT2D eigenvalue weighted by Gasteiger charge is -2.22. The van der Waals surface area contributed by atoms with Crippen molar-refractivity contribution in [2.24, 2.45) is 0 Å². The summed E-state index contributed by atoms with van der Waals surface area (Å²) in [7, 11) is 0. The molecule has 0 unspecified atom stereocenters. The number of nitrogens with zero attached hydrogens (tertiary/aromatic N) is 3. The first-order chi connectivity index (χ1) is 9.24. The number of nitrogens with one attached hydrogen (secondary N) is 1. The number of aryl methyl sites for hydroxylation is 1. The van der Waals surface area contributed by atoms with E-state index in [0.29, 0.717) is 12.5 Å². The Morgan fingerprint density at radius 3 is 2.84 bits per heavy atom. The van der Waals surface area contributed by atoms with Gasteiger partial charge in [-0.15, -0.1) is 0 Å². The van der Waals surface area contributed by atoms with Gasteiger partial charge in [0.1, 0.15) is 11.6 Å². The molecule has 0 aliphatic rings. The van der Waals surface area contributed by atoms with Crippen LogP contribution in [-0.4, -0.2) is 23.1 Å². The van der Waals surface area contributed by atoms with Crippen molar-refractivity contribution in [1.29, 1.82) is 0 Å². The Morgan fingerprint density at radius 1 is 1.37 bits per heavy atom. The number of hydrogen-bond donors (Lipinski definition) is 1. The van der Waals surface area contributed by atoms with Crippen LogP contribution in [0.2, 0.25) is 0 Å². The number of anilines is 2. The van der Waals surface area contributed by atoms with E-state index in [4.69, 9.17) is 4.42 Å². The largest absolute Gasteiger partial charge is 0.467 e. The summed E-state index contributed by atoms with van der Waals surface area (Å²) >= 11 is 0. The Kier molecular flexibility index (Phi) is 4.39. The van der Waals surface area contributed by atoms with Gasteiger partial charge in [0.2, 0.25) is 5.95 Å². The molecule has 5 nitrogen and oxygen atoms in total. The van der Waals surface area contributed by atoms with Gasteiger partial charge in [-0.05, 0) is 32.9 Å². The maximum atomic E-state index is 5.40. The van der Waals surface area contributed by atoms with Gasteiger partial charge in [-0.25, -0.2) is 4.98 Å². The second-order valence-electron chi connectivity index (χ2n) is 4.32. The highest BCUT2D eigenvalue weighted by atomic mass is 16.3. The predicted molar refractivity (Wildman–Crippen MR) is 76.4 cm³/mol. The van der Waals surface area contributed by atoms with Crippen LogP contribution in [0.3, 0.4) is 0 Å². The molecule has 0 saturated carbocycles. The monoisotopic (exact) mass is 260 g/mol. The molecule has 102 valence electrons. The molecule has 0 fully saturated rings. The topological polar surface area (TPSA) is 54.2 Å². The molecule has 2 heterocycles. The fourth-order valence-corrected chi connectivity index (χ4v) is 1.92. The van der Waals surface area contributed by atoms with Crippen molar-refractivity contribution in [1.82, 2.24) is 9.97 Å². The Balaban J connectivity index is 2.23. The van der Waals surface area contributed by atoms with Crippen molar-refractivity contribution in [3.8, 4) is 0 Å². The van der Waals surface area contributed by atoms with Crippen molar-refractivity contribution in [2.75, 3.05) is 23.3 Å². The molecule has 0 aromatic carbocycles. The number of rotatable bonds is 6. The lowest BCUT2D eigenvalue weighted by molar-refractivity contribution is 0.502. The predicted octanol–water partition coefficient (Wildman–Crippen LogP) is 2.84. The van der Waals surface area contributed by atoms with E-state index in [0.717, 1.165) is 30.2 Å². The molecular formula is C14H20N4O. The van der Waals surface area contributed by atoms with Crippen LogP contribution >= 0.6 is 0 Å². The quantitative estimate of drug-likeness (QED) is 0.865. The van der Waals surface area contributed by atoms with Crippen LogP contribution in [0.25, 0.3) is 0 Å². The first-order valence-electron chi connectivity index (χ1n) is 6.59. The van der Waals surface area contributed by atoms with Gasteiger partial charge in [-0.3, -0.25) is 0 Å². The highest BCUT2D eigenvalue weighted by Gasteiger charge is 2.12. The van der Waals surface area contributed by atoms with Gasteiger partial charge in [0.15, 0.2) is 0 Å². The van der Waals surface area contributed by atoms with Crippen molar-refractivity contribution in [3.05, 3.63) is 35.9 Å². The lowest BCUT2D eigenvalue weighted by Crippen LogP contribution is -2.24. The fourth-order valence-electron chi connectivity index (χ4n) is 1.92. The smallest absolute Gasteiger partial charge is 0.224 e. The van der Waals surface area contributed by atoms with Crippen molar-refractivity contribution < 1.29 is 4.42 Å². The maximum Gasteiger partial charge on any atom is 0.224 e. The van der Waals surface area contributed by atoms with Crippen LogP contribution in [0.5, 0.6) is 0 Å². The first-order valence-corrected chi connectivity index (χ1v) is 6.59. The van der Waals surface area contributed by atoms with Crippen LogP contribution in [0.15, 0.2) is 29.0 Å². The lowest BCUT2D eigenvalue weighted by atomic mass is 10.3. The summed E-state index contributed by atoms with van der Waals surface area (Å²) in [6.07, 6.45) is 3.55. The Morgan fingerprint density at radius 2 is 2.21 bits per heavy atom. The Bertz CT molecular complexity index is 510. The molecule has 0 saturated heterocycles. The van der Waals surface area contributed by atoms with Crippen LogP contribution in [0, 0.1) is 6.92 Å². The average Bonchev–Trinajstić information content (AvgIpc) is 2.92. The normalized spacial score (nSPS) is 10.5. The van der Waals surface area contributed by atoms with Crippen molar-refractivity contribution >= 4 is 11.8 Å². The third kappa shape index (κ3) is 3.24. The van der Waals surface area contributed by atoms with E-state index < -0.39 is 0 Å². The van der Waals surface area contributed by atoms with E-state index >= 15 is 0 Å². The molecule has 0 aliphatic carbocycles.